The van der Waals surface area contributed by atoms with E-state index in [1.54, 1.807) is 6.26 Å². The quantitative estimate of drug-likeness (QED) is 0.680. The summed E-state index contributed by atoms with van der Waals surface area (Å²) in [6.07, 6.45) is 3.17. The molecule has 0 spiro atoms. The number of hydrogen-bond donors (Lipinski definition) is 0. The molecule has 5 heteroatoms. The first-order valence-electron chi connectivity index (χ1n) is 10.7. The first kappa shape index (κ1) is 21.3. The van der Waals surface area contributed by atoms with E-state index in [-0.39, 0.29) is 23.4 Å². The van der Waals surface area contributed by atoms with Gasteiger partial charge in [-0.3, -0.25) is 0 Å². The maximum absolute atomic E-state index is 7.22. The van der Waals surface area contributed by atoms with E-state index in [1.165, 1.54) is 10.4 Å². The van der Waals surface area contributed by atoms with Crippen LogP contribution in [0.1, 0.15) is 34.6 Å². The average Bonchev–Trinajstić information content (AvgIpc) is 3.32. The van der Waals surface area contributed by atoms with Gasteiger partial charge < -0.3 is 18.6 Å². The highest BCUT2D eigenvalue weighted by molar-refractivity contribution is 6.99. The van der Waals surface area contributed by atoms with Crippen LogP contribution in [0.15, 0.2) is 73.0 Å². The van der Waals surface area contributed by atoms with E-state index >= 15 is 0 Å². The van der Waals surface area contributed by atoms with Gasteiger partial charge in [0.15, 0.2) is 11.9 Å². The Labute approximate surface area is 180 Å². The molecule has 2 aromatic rings. The van der Waals surface area contributed by atoms with Crippen LogP contribution in [-0.4, -0.2) is 39.0 Å². The van der Waals surface area contributed by atoms with Crippen molar-refractivity contribution in [2.45, 2.75) is 63.8 Å². The molecule has 0 aliphatic carbocycles. The van der Waals surface area contributed by atoms with Gasteiger partial charge in [-0.1, -0.05) is 81.4 Å². The zero-order valence-electron chi connectivity index (χ0n) is 18.5. The van der Waals surface area contributed by atoms with Crippen LogP contribution in [0.5, 0.6) is 0 Å². The number of hydrogen-bond acceptors (Lipinski definition) is 4. The average molecular weight is 425 g/mol. The van der Waals surface area contributed by atoms with Crippen LogP contribution >= 0.6 is 0 Å². The van der Waals surface area contributed by atoms with Crippen molar-refractivity contribution in [3.63, 3.8) is 0 Å². The largest absolute Gasteiger partial charge is 0.492 e. The molecule has 2 aliphatic heterocycles. The predicted molar refractivity (Wildman–Crippen MR) is 121 cm³/mol. The third kappa shape index (κ3) is 3.87. The smallest absolute Gasteiger partial charge is 0.262 e. The molecule has 2 aromatic carbocycles. The van der Waals surface area contributed by atoms with E-state index in [2.05, 4.69) is 81.4 Å². The minimum Gasteiger partial charge on any atom is -0.492 e. The Morgan fingerprint density at radius 2 is 1.50 bits per heavy atom. The molecule has 0 unspecified atom stereocenters. The van der Waals surface area contributed by atoms with E-state index in [4.69, 9.17) is 18.6 Å². The Bertz CT molecular complexity index is 834. The second-order valence-electron chi connectivity index (χ2n) is 9.54. The van der Waals surface area contributed by atoms with Gasteiger partial charge in [-0.25, -0.2) is 0 Å². The van der Waals surface area contributed by atoms with Crippen molar-refractivity contribution >= 4 is 18.7 Å². The van der Waals surface area contributed by atoms with Gasteiger partial charge in [-0.2, -0.15) is 0 Å². The van der Waals surface area contributed by atoms with Crippen molar-refractivity contribution in [2.24, 2.45) is 0 Å². The highest BCUT2D eigenvalue weighted by Gasteiger charge is 2.54. The van der Waals surface area contributed by atoms with Gasteiger partial charge in [-0.05, 0) is 35.3 Å². The van der Waals surface area contributed by atoms with Crippen molar-refractivity contribution in [3.05, 3.63) is 73.0 Å². The SMILES string of the molecule is CC1(C)OC[C@H]([C@H]2OC=C[C@H]2O[Si](c2ccccc2)(c2ccccc2)C(C)(C)C)O1. The fraction of sp³-hybridized carbons (Fsp3) is 0.440. The Morgan fingerprint density at radius 1 is 0.933 bits per heavy atom. The van der Waals surface area contributed by atoms with Gasteiger partial charge >= 0.3 is 0 Å². The van der Waals surface area contributed by atoms with Crippen molar-refractivity contribution in [3.8, 4) is 0 Å². The zero-order valence-corrected chi connectivity index (χ0v) is 19.5. The third-order valence-corrected chi connectivity index (χ3v) is 11.0. The Kier molecular flexibility index (Phi) is 5.66. The van der Waals surface area contributed by atoms with Crippen molar-refractivity contribution < 1.29 is 18.6 Å². The van der Waals surface area contributed by atoms with Gasteiger partial charge in [0.2, 0.25) is 0 Å². The highest BCUT2D eigenvalue weighted by atomic mass is 28.4. The summed E-state index contributed by atoms with van der Waals surface area (Å²) in [5.74, 6) is -0.599. The summed E-state index contributed by atoms with van der Waals surface area (Å²) in [6.45, 7) is 11.2. The molecule has 30 heavy (non-hydrogen) atoms. The van der Waals surface area contributed by atoms with E-state index < -0.39 is 14.1 Å². The molecule has 4 nitrogen and oxygen atoms in total. The minimum absolute atomic E-state index is 0.0943. The van der Waals surface area contributed by atoms with Gasteiger partial charge in [0, 0.05) is 0 Å². The molecule has 0 amide bonds. The Balaban J connectivity index is 1.76. The molecular formula is C25H32O4Si. The Morgan fingerprint density at radius 3 is 1.97 bits per heavy atom. The summed E-state index contributed by atoms with van der Waals surface area (Å²) in [5, 5.41) is 2.42. The van der Waals surface area contributed by atoms with E-state index in [1.807, 2.05) is 19.9 Å². The summed E-state index contributed by atoms with van der Waals surface area (Å²) in [4.78, 5) is 0. The molecule has 0 aromatic heterocycles. The van der Waals surface area contributed by atoms with Crippen LogP contribution in [0.4, 0.5) is 0 Å². The molecule has 2 heterocycles. The summed E-state index contributed by atoms with van der Waals surface area (Å²) < 4.78 is 25.1. The zero-order chi connectivity index (χ0) is 21.4. The monoisotopic (exact) mass is 424 g/mol. The molecule has 0 radical (unpaired) electrons. The minimum atomic E-state index is -2.67. The predicted octanol–water partition coefficient (Wildman–Crippen LogP) is 4.00. The van der Waals surface area contributed by atoms with Crippen molar-refractivity contribution in [2.75, 3.05) is 6.61 Å². The highest BCUT2D eigenvalue weighted by Crippen LogP contribution is 2.40. The van der Waals surface area contributed by atoms with E-state index in [0.29, 0.717) is 6.61 Å². The Hall–Kier alpha value is -1.92. The van der Waals surface area contributed by atoms with Crippen LogP contribution in [0.2, 0.25) is 5.04 Å². The van der Waals surface area contributed by atoms with Gasteiger partial charge in [0.1, 0.15) is 12.2 Å². The summed E-state index contributed by atoms with van der Waals surface area (Å²) >= 11 is 0. The van der Waals surface area contributed by atoms with Crippen LogP contribution in [0.3, 0.4) is 0 Å². The maximum atomic E-state index is 7.22. The standard InChI is InChI=1S/C25H32O4Si/c1-24(2,3)30(19-12-8-6-9-13-19,20-14-10-7-11-15-20)29-21-16-17-26-23(21)22-18-27-25(4,5)28-22/h6-17,21-23H,18H2,1-5H3/t21-,22-,23+/m1/s1. The lowest BCUT2D eigenvalue weighted by Gasteiger charge is -2.45. The van der Waals surface area contributed by atoms with Crippen molar-refractivity contribution in [1.29, 1.82) is 0 Å². The third-order valence-electron chi connectivity index (χ3n) is 5.95. The number of benzene rings is 2. The van der Waals surface area contributed by atoms with Crippen molar-refractivity contribution in [1.82, 2.24) is 0 Å². The van der Waals surface area contributed by atoms with Gasteiger partial charge in [-0.15, -0.1) is 0 Å². The molecular weight excluding hydrogens is 392 g/mol. The first-order valence-corrected chi connectivity index (χ1v) is 12.6. The maximum Gasteiger partial charge on any atom is 0.262 e. The number of ether oxygens (including phenoxy) is 3. The summed E-state index contributed by atoms with van der Waals surface area (Å²) in [5.41, 5.74) is 0. The second-order valence-corrected chi connectivity index (χ2v) is 13.8. The molecule has 160 valence electrons. The van der Waals surface area contributed by atoms with Crippen LogP contribution in [-0.2, 0) is 18.6 Å². The fourth-order valence-corrected chi connectivity index (χ4v) is 9.21. The number of rotatable bonds is 5. The molecule has 0 bridgehead atoms. The first-order chi connectivity index (χ1) is 14.2. The molecule has 0 N–H and O–H groups in total. The molecule has 4 rings (SSSR count). The topological polar surface area (TPSA) is 36.9 Å². The van der Waals surface area contributed by atoms with Gasteiger partial charge in [0.05, 0.1) is 12.9 Å². The second kappa shape index (κ2) is 7.97. The molecule has 1 fully saturated rings. The fourth-order valence-electron chi connectivity index (χ4n) is 4.58. The summed E-state index contributed by atoms with van der Waals surface area (Å²) in [7, 11) is -2.67. The lowest BCUT2D eigenvalue weighted by molar-refractivity contribution is -0.155. The summed E-state index contributed by atoms with van der Waals surface area (Å²) in [6, 6.07) is 21.3. The molecule has 0 saturated carbocycles. The van der Waals surface area contributed by atoms with E-state index in [9.17, 15) is 0 Å². The molecule has 1 saturated heterocycles. The van der Waals surface area contributed by atoms with Crippen LogP contribution < -0.4 is 10.4 Å². The molecule has 3 atom stereocenters. The van der Waals surface area contributed by atoms with Crippen LogP contribution in [0, 0.1) is 0 Å². The van der Waals surface area contributed by atoms with Gasteiger partial charge in [0.25, 0.3) is 8.32 Å². The lowest BCUT2D eigenvalue weighted by atomic mass is 10.1. The lowest BCUT2D eigenvalue weighted by Crippen LogP contribution is -2.68. The van der Waals surface area contributed by atoms with E-state index in [0.717, 1.165) is 0 Å². The molecule has 2 aliphatic rings. The van der Waals surface area contributed by atoms with Crippen LogP contribution in [0.25, 0.3) is 0 Å². The normalized spacial score (nSPS) is 26.0.